The summed E-state index contributed by atoms with van der Waals surface area (Å²) in [5.74, 6) is -0.266. The van der Waals surface area contributed by atoms with Gasteiger partial charge in [-0.15, -0.1) is 0 Å². The summed E-state index contributed by atoms with van der Waals surface area (Å²) in [4.78, 5) is 13.1. The molecule has 0 heterocycles. The predicted octanol–water partition coefficient (Wildman–Crippen LogP) is 0.108. The molecule has 0 spiro atoms. The first-order valence-corrected chi connectivity index (χ1v) is 4.89. The molecule has 1 atom stereocenters. The zero-order valence-electron chi connectivity index (χ0n) is 9.16. The average Bonchev–Trinajstić information content (AvgIpc) is 2.25. The zero-order valence-corrected chi connectivity index (χ0v) is 9.16. The third kappa shape index (κ3) is 6.48. The molecule has 0 aliphatic heterocycles. The highest BCUT2D eigenvalue weighted by Gasteiger charge is 2.11. The molecule has 0 saturated carbocycles. The van der Waals surface area contributed by atoms with E-state index in [2.05, 4.69) is 11.4 Å². The molecule has 0 bridgehead atoms. The average molecular weight is 208 g/mol. The highest BCUT2D eigenvalue weighted by Crippen LogP contribution is 1.97. The van der Waals surface area contributed by atoms with Crippen molar-refractivity contribution in [3.05, 3.63) is 0 Å². The molecule has 0 rings (SSSR count). The van der Waals surface area contributed by atoms with E-state index < -0.39 is 0 Å². The lowest BCUT2D eigenvalue weighted by Crippen LogP contribution is -2.39. The van der Waals surface area contributed by atoms with Crippen LogP contribution in [-0.2, 0) is 4.79 Å². The first kappa shape index (κ1) is 13.4. The normalized spacial score (nSPS) is 11.5. The van der Waals surface area contributed by atoms with Crippen LogP contribution in [0, 0.1) is 28.6 Å². The maximum atomic E-state index is 11.3. The SMILES string of the molecule is CCN(CC(=O)NCC#N)CC(C)C#N. The van der Waals surface area contributed by atoms with Crippen molar-refractivity contribution in [1.82, 2.24) is 10.2 Å². The minimum Gasteiger partial charge on any atom is -0.342 e. The Morgan fingerprint density at radius 3 is 2.67 bits per heavy atom. The minimum atomic E-state index is -0.177. The first-order valence-electron chi connectivity index (χ1n) is 4.89. The van der Waals surface area contributed by atoms with Gasteiger partial charge in [-0.1, -0.05) is 6.92 Å². The summed E-state index contributed by atoms with van der Waals surface area (Å²) in [5, 5.41) is 19.4. The number of nitrogens with zero attached hydrogens (tertiary/aromatic N) is 3. The van der Waals surface area contributed by atoms with E-state index in [1.165, 1.54) is 0 Å². The van der Waals surface area contributed by atoms with E-state index in [0.29, 0.717) is 13.1 Å². The number of nitrogens with one attached hydrogen (secondary N) is 1. The van der Waals surface area contributed by atoms with Gasteiger partial charge in [0.2, 0.25) is 5.91 Å². The highest BCUT2D eigenvalue weighted by molar-refractivity contribution is 5.78. The summed E-state index contributed by atoms with van der Waals surface area (Å²) in [6.45, 7) is 5.31. The van der Waals surface area contributed by atoms with Crippen LogP contribution < -0.4 is 5.32 Å². The lowest BCUT2D eigenvalue weighted by Gasteiger charge is -2.20. The second-order valence-electron chi connectivity index (χ2n) is 3.29. The zero-order chi connectivity index (χ0) is 11.7. The van der Waals surface area contributed by atoms with Crippen molar-refractivity contribution in [3.63, 3.8) is 0 Å². The number of carbonyl (C=O) groups excluding carboxylic acids is 1. The third-order valence-electron chi connectivity index (χ3n) is 1.93. The molecule has 1 N–H and O–H groups in total. The van der Waals surface area contributed by atoms with E-state index in [9.17, 15) is 4.79 Å². The Labute approximate surface area is 90.3 Å². The molecule has 15 heavy (non-hydrogen) atoms. The largest absolute Gasteiger partial charge is 0.342 e. The number of likely N-dealkylation sites (N-methyl/N-ethyl adjacent to an activating group) is 1. The molecule has 0 aromatic carbocycles. The molecule has 0 aromatic heterocycles. The number of amides is 1. The lowest BCUT2D eigenvalue weighted by molar-refractivity contribution is -0.122. The van der Waals surface area contributed by atoms with Crippen molar-refractivity contribution in [2.45, 2.75) is 13.8 Å². The molecule has 82 valence electrons. The van der Waals surface area contributed by atoms with Crippen LogP contribution in [0.4, 0.5) is 0 Å². The van der Waals surface area contributed by atoms with Gasteiger partial charge in [-0.25, -0.2) is 0 Å². The van der Waals surface area contributed by atoms with Crippen LogP contribution in [-0.4, -0.2) is 37.0 Å². The van der Waals surface area contributed by atoms with Gasteiger partial charge in [0.05, 0.1) is 24.6 Å². The van der Waals surface area contributed by atoms with E-state index in [-0.39, 0.29) is 24.9 Å². The van der Waals surface area contributed by atoms with E-state index >= 15 is 0 Å². The number of nitriles is 2. The Morgan fingerprint density at radius 2 is 2.20 bits per heavy atom. The van der Waals surface area contributed by atoms with Crippen LogP contribution in [0.1, 0.15) is 13.8 Å². The van der Waals surface area contributed by atoms with Gasteiger partial charge in [-0.05, 0) is 13.5 Å². The Hall–Kier alpha value is -1.59. The van der Waals surface area contributed by atoms with E-state index in [1.807, 2.05) is 24.8 Å². The molecular formula is C10H16N4O. The van der Waals surface area contributed by atoms with Gasteiger partial charge >= 0.3 is 0 Å². The van der Waals surface area contributed by atoms with Crippen LogP contribution in [0.5, 0.6) is 0 Å². The number of rotatable bonds is 6. The van der Waals surface area contributed by atoms with Crippen molar-refractivity contribution in [2.75, 3.05) is 26.2 Å². The quantitative estimate of drug-likeness (QED) is 0.628. The lowest BCUT2D eigenvalue weighted by atomic mass is 10.2. The standard InChI is InChI=1S/C10H16N4O/c1-3-14(7-9(2)6-12)8-10(15)13-5-4-11/h9H,3,5,7-8H2,1-2H3,(H,13,15). The molecule has 0 radical (unpaired) electrons. The second kappa shape index (κ2) is 7.78. The van der Waals surface area contributed by atoms with Crippen molar-refractivity contribution >= 4 is 5.91 Å². The fourth-order valence-electron chi connectivity index (χ4n) is 1.13. The summed E-state index contributed by atoms with van der Waals surface area (Å²) < 4.78 is 0. The van der Waals surface area contributed by atoms with E-state index in [0.717, 1.165) is 0 Å². The van der Waals surface area contributed by atoms with Gasteiger partial charge in [-0.3, -0.25) is 9.69 Å². The molecule has 0 saturated heterocycles. The number of hydrogen-bond donors (Lipinski definition) is 1. The molecule has 0 fully saturated rings. The molecule has 1 amide bonds. The molecule has 0 aliphatic rings. The maximum absolute atomic E-state index is 11.3. The number of hydrogen-bond acceptors (Lipinski definition) is 4. The van der Waals surface area contributed by atoms with Gasteiger partial charge in [0.15, 0.2) is 0 Å². The monoisotopic (exact) mass is 208 g/mol. The van der Waals surface area contributed by atoms with Crippen molar-refractivity contribution in [1.29, 1.82) is 10.5 Å². The molecule has 5 heteroatoms. The van der Waals surface area contributed by atoms with Gasteiger partial charge in [0.25, 0.3) is 0 Å². The van der Waals surface area contributed by atoms with Gasteiger partial charge < -0.3 is 5.32 Å². The fraction of sp³-hybridized carbons (Fsp3) is 0.700. The molecular weight excluding hydrogens is 192 g/mol. The minimum absolute atomic E-state index is 0.0319. The van der Waals surface area contributed by atoms with Crippen molar-refractivity contribution in [3.8, 4) is 12.1 Å². The van der Waals surface area contributed by atoms with Gasteiger partial charge in [0, 0.05) is 6.54 Å². The van der Waals surface area contributed by atoms with E-state index in [4.69, 9.17) is 10.5 Å². The van der Waals surface area contributed by atoms with Gasteiger partial charge in [0.1, 0.15) is 6.54 Å². The van der Waals surface area contributed by atoms with Crippen molar-refractivity contribution < 1.29 is 4.79 Å². The summed E-state index contributed by atoms with van der Waals surface area (Å²) in [5.41, 5.74) is 0. The fourth-order valence-corrected chi connectivity index (χ4v) is 1.13. The van der Waals surface area contributed by atoms with Gasteiger partial charge in [-0.2, -0.15) is 10.5 Å². The number of carbonyl (C=O) groups is 1. The van der Waals surface area contributed by atoms with Crippen LogP contribution in [0.25, 0.3) is 0 Å². The summed E-state index contributed by atoms with van der Waals surface area (Å²) in [6.07, 6.45) is 0. The Morgan fingerprint density at radius 1 is 1.53 bits per heavy atom. The molecule has 0 aromatic rings. The smallest absolute Gasteiger partial charge is 0.235 e. The maximum Gasteiger partial charge on any atom is 0.235 e. The Balaban J connectivity index is 3.95. The predicted molar refractivity (Wildman–Crippen MR) is 55.5 cm³/mol. The second-order valence-corrected chi connectivity index (χ2v) is 3.29. The molecule has 1 unspecified atom stereocenters. The van der Waals surface area contributed by atoms with Crippen LogP contribution >= 0.6 is 0 Å². The Kier molecular flexibility index (Phi) is 6.96. The highest BCUT2D eigenvalue weighted by atomic mass is 16.2. The molecule has 0 aliphatic carbocycles. The van der Waals surface area contributed by atoms with E-state index in [1.54, 1.807) is 0 Å². The summed E-state index contributed by atoms with van der Waals surface area (Å²) >= 11 is 0. The topological polar surface area (TPSA) is 79.9 Å². The van der Waals surface area contributed by atoms with Crippen LogP contribution in [0.2, 0.25) is 0 Å². The first-order chi connectivity index (χ1) is 7.13. The summed E-state index contributed by atoms with van der Waals surface area (Å²) in [6, 6.07) is 3.96. The molecule has 5 nitrogen and oxygen atoms in total. The third-order valence-corrected chi connectivity index (χ3v) is 1.93. The summed E-state index contributed by atoms with van der Waals surface area (Å²) in [7, 11) is 0. The Bertz CT molecular complexity index is 276. The van der Waals surface area contributed by atoms with Crippen LogP contribution in [0.3, 0.4) is 0 Å². The van der Waals surface area contributed by atoms with Crippen LogP contribution in [0.15, 0.2) is 0 Å². The van der Waals surface area contributed by atoms with Crippen molar-refractivity contribution in [2.24, 2.45) is 5.92 Å².